The molecule has 1 aliphatic carbocycles. The Morgan fingerprint density at radius 1 is 0.769 bits per heavy atom. The van der Waals surface area contributed by atoms with Gasteiger partial charge in [-0.05, 0) is 5.41 Å². The molecule has 0 radical (unpaired) electrons. The van der Waals surface area contributed by atoms with Gasteiger partial charge in [0.15, 0.2) is 0 Å². The molecule has 0 amide bonds. The van der Waals surface area contributed by atoms with Crippen molar-refractivity contribution < 1.29 is 0 Å². The smallest absolute Gasteiger partial charge is 0.0385 e. The van der Waals surface area contributed by atoms with Gasteiger partial charge in [-0.15, -0.1) is 0 Å². The molecule has 13 heavy (non-hydrogen) atoms. The molecule has 1 fully saturated rings. The molecule has 82 valence electrons. The fourth-order valence-corrected chi connectivity index (χ4v) is 0.884. The van der Waals surface area contributed by atoms with Crippen LogP contribution in [0.2, 0.25) is 0 Å². The van der Waals surface area contributed by atoms with Gasteiger partial charge < -0.3 is 0 Å². The minimum absolute atomic E-state index is 0.542. The quantitative estimate of drug-likeness (QED) is 0.474. The van der Waals surface area contributed by atoms with Crippen LogP contribution in [0.15, 0.2) is 0 Å². The number of hydrogen-bond acceptors (Lipinski definition) is 0. The van der Waals surface area contributed by atoms with Gasteiger partial charge in [0, 0.05) is 0 Å². The van der Waals surface area contributed by atoms with Crippen LogP contribution < -0.4 is 0 Å². The third-order valence-electron chi connectivity index (χ3n) is 2.31. The Labute approximate surface area is 86.1 Å². The topological polar surface area (TPSA) is 0 Å². The molecular weight excluding hydrogens is 156 g/mol. The molecule has 0 aromatic heterocycles. The minimum atomic E-state index is 0.542. The highest BCUT2D eigenvalue weighted by Gasteiger charge is 2.03. The first-order chi connectivity index (χ1) is 6.06. The summed E-state index contributed by atoms with van der Waals surface area (Å²) >= 11 is 0. The summed E-state index contributed by atoms with van der Waals surface area (Å²) in [6.45, 7) is 12.9. The first-order valence-corrected chi connectivity index (χ1v) is 6.06. The van der Waals surface area contributed by atoms with Gasteiger partial charge >= 0.3 is 0 Å². The molecule has 0 saturated heterocycles. The molecule has 0 aromatic carbocycles. The maximum absolute atomic E-state index is 2.24. The second-order valence-electron chi connectivity index (χ2n) is 4.68. The van der Waals surface area contributed by atoms with Gasteiger partial charge in [-0.2, -0.15) is 0 Å². The van der Waals surface area contributed by atoms with Gasteiger partial charge in [0.2, 0.25) is 0 Å². The lowest BCUT2D eigenvalue weighted by Gasteiger charge is -2.12. The Bertz CT molecular complexity index is 64.9. The van der Waals surface area contributed by atoms with E-state index in [-0.39, 0.29) is 0 Å². The second kappa shape index (κ2) is 10.1. The summed E-state index contributed by atoms with van der Waals surface area (Å²) in [4.78, 5) is 0. The van der Waals surface area contributed by atoms with Crippen molar-refractivity contribution in [3.05, 3.63) is 0 Å². The highest BCUT2D eigenvalue weighted by Crippen LogP contribution is 2.16. The molecule has 0 aromatic rings. The van der Waals surface area contributed by atoms with E-state index in [0.29, 0.717) is 5.41 Å². The molecule has 1 rings (SSSR count). The minimum Gasteiger partial charge on any atom is -0.0683 e. The van der Waals surface area contributed by atoms with E-state index in [4.69, 9.17) is 0 Å². The van der Waals surface area contributed by atoms with Crippen molar-refractivity contribution in [3.63, 3.8) is 0 Å². The maximum atomic E-state index is 2.24. The van der Waals surface area contributed by atoms with Crippen molar-refractivity contribution in [2.75, 3.05) is 0 Å². The lowest BCUT2D eigenvalue weighted by Crippen LogP contribution is -2.00. The average Bonchev–Trinajstić information content (AvgIpc) is 2.64. The molecular formula is C13H30. The molecule has 0 atom stereocenters. The Balaban J connectivity index is 0. The van der Waals surface area contributed by atoms with Crippen molar-refractivity contribution in [1.82, 2.24) is 0 Å². The highest BCUT2D eigenvalue weighted by molar-refractivity contribution is 4.55. The molecule has 0 heteroatoms. The molecule has 0 nitrogen and oxygen atoms in total. The van der Waals surface area contributed by atoms with Gasteiger partial charge in [0.25, 0.3) is 0 Å². The van der Waals surface area contributed by atoms with E-state index in [1.165, 1.54) is 38.5 Å². The van der Waals surface area contributed by atoms with Gasteiger partial charge in [0.05, 0.1) is 0 Å². The van der Waals surface area contributed by atoms with E-state index >= 15 is 0 Å². The van der Waals surface area contributed by atoms with Crippen LogP contribution in [0.1, 0.15) is 80.1 Å². The first-order valence-electron chi connectivity index (χ1n) is 6.06. The molecule has 0 unspecified atom stereocenters. The van der Waals surface area contributed by atoms with Gasteiger partial charge in [-0.3, -0.25) is 0 Å². The van der Waals surface area contributed by atoms with Gasteiger partial charge in [0.1, 0.15) is 0 Å². The maximum Gasteiger partial charge on any atom is -0.0385 e. The summed E-state index contributed by atoms with van der Waals surface area (Å²) < 4.78 is 0. The van der Waals surface area contributed by atoms with Crippen LogP contribution in [0.4, 0.5) is 0 Å². The van der Waals surface area contributed by atoms with Gasteiger partial charge in [-0.1, -0.05) is 80.1 Å². The van der Waals surface area contributed by atoms with Crippen molar-refractivity contribution in [2.24, 2.45) is 5.41 Å². The Morgan fingerprint density at radius 3 is 1.00 bits per heavy atom. The van der Waals surface area contributed by atoms with Crippen molar-refractivity contribution >= 4 is 0 Å². The summed E-state index contributed by atoms with van der Waals surface area (Å²) in [6, 6.07) is 0. The van der Waals surface area contributed by atoms with Crippen molar-refractivity contribution in [1.29, 1.82) is 0 Å². The molecule has 0 N–H and O–H groups in total. The van der Waals surface area contributed by atoms with Crippen LogP contribution in [0.3, 0.4) is 0 Å². The van der Waals surface area contributed by atoms with E-state index in [1.807, 2.05) is 13.8 Å². The molecule has 0 bridgehead atoms. The number of hydrogen-bond donors (Lipinski definition) is 0. The molecule has 1 saturated carbocycles. The zero-order chi connectivity index (χ0) is 10.7. The first kappa shape index (κ1) is 15.5. The summed E-state index contributed by atoms with van der Waals surface area (Å²) in [5, 5.41) is 0. The second-order valence-corrected chi connectivity index (χ2v) is 4.68. The van der Waals surface area contributed by atoms with E-state index < -0.39 is 0 Å². The number of rotatable bonds is 0. The third kappa shape index (κ3) is 18.8. The highest BCUT2D eigenvalue weighted by atomic mass is 14.1. The van der Waals surface area contributed by atoms with E-state index in [0.717, 1.165) is 0 Å². The van der Waals surface area contributed by atoms with Crippen LogP contribution in [-0.4, -0.2) is 0 Å². The summed E-state index contributed by atoms with van der Waals surface area (Å²) in [5.74, 6) is 0. The van der Waals surface area contributed by atoms with Gasteiger partial charge in [-0.25, -0.2) is 0 Å². The standard InChI is InChI=1S/C6H14.C5H10.C2H6/c1-5-6(2,3)4;1-2-4-5-3-1;1-2/h5H2,1-4H3;1-5H2;1-2H3. The summed E-state index contributed by atoms with van der Waals surface area (Å²) in [6.07, 6.45) is 8.77. The largest absolute Gasteiger partial charge is 0.0683 e. The normalized spacial score (nSPS) is 15.2. The van der Waals surface area contributed by atoms with E-state index in [9.17, 15) is 0 Å². The fourth-order valence-electron chi connectivity index (χ4n) is 0.884. The third-order valence-corrected chi connectivity index (χ3v) is 2.31. The lowest BCUT2D eigenvalue weighted by molar-refractivity contribution is 0.398. The lowest BCUT2D eigenvalue weighted by atomic mass is 9.94. The average molecular weight is 186 g/mol. The van der Waals surface area contributed by atoms with Crippen LogP contribution in [0.5, 0.6) is 0 Å². The predicted molar refractivity (Wildman–Crippen MR) is 64.2 cm³/mol. The van der Waals surface area contributed by atoms with Crippen molar-refractivity contribution in [2.45, 2.75) is 80.1 Å². The van der Waals surface area contributed by atoms with Crippen LogP contribution in [-0.2, 0) is 0 Å². The zero-order valence-corrected chi connectivity index (χ0v) is 10.7. The van der Waals surface area contributed by atoms with Crippen molar-refractivity contribution in [3.8, 4) is 0 Å². The summed E-state index contributed by atoms with van der Waals surface area (Å²) in [7, 11) is 0. The van der Waals surface area contributed by atoms with E-state index in [1.54, 1.807) is 0 Å². The van der Waals surface area contributed by atoms with Crippen LogP contribution in [0, 0.1) is 5.41 Å². The Hall–Kier alpha value is 0. The Kier molecular flexibility index (Phi) is 12.0. The van der Waals surface area contributed by atoms with Crippen LogP contribution in [0.25, 0.3) is 0 Å². The molecule has 0 spiro atoms. The molecule has 0 heterocycles. The predicted octanol–water partition coefficient (Wildman–Crippen LogP) is 5.42. The summed E-state index contributed by atoms with van der Waals surface area (Å²) in [5.41, 5.74) is 0.542. The molecule has 1 aliphatic rings. The zero-order valence-electron chi connectivity index (χ0n) is 10.7. The monoisotopic (exact) mass is 186 g/mol. The SMILES string of the molecule is C1CCCC1.CC.CCC(C)(C)C. The van der Waals surface area contributed by atoms with Crippen LogP contribution >= 0.6 is 0 Å². The molecule has 0 aliphatic heterocycles. The fraction of sp³-hybridized carbons (Fsp3) is 1.00. The van der Waals surface area contributed by atoms with E-state index in [2.05, 4.69) is 27.7 Å². The Morgan fingerprint density at radius 2 is 0.923 bits per heavy atom.